The molecule has 1 N–H and O–H groups in total. The van der Waals surface area contributed by atoms with Crippen LogP contribution in [0.15, 0.2) is 22.7 Å². The van der Waals surface area contributed by atoms with Crippen LogP contribution in [0, 0.1) is 0 Å². The van der Waals surface area contributed by atoms with E-state index in [-0.39, 0.29) is 6.42 Å². The van der Waals surface area contributed by atoms with E-state index in [4.69, 9.17) is 5.11 Å². The number of likely N-dealkylation sites (tertiary alicyclic amines) is 1. The second kappa shape index (κ2) is 7.06. The van der Waals surface area contributed by atoms with Gasteiger partial charge in [0, 0.05) is 17.4 Å². The van der Waals surface area contributed by atoms with Crippen molar-refractivity contribution in [1.29, 1.82) is 0 Å². The number of aliphatic carboxylic acids is 1. The molecular weight excluding hydrogens is 306 g/mol. The Bertz CT molecular complexity index is 442. The molecule has 2 rings (SSSR count). The van der Waals surface area contributed by atoms with E-state index in [2.05, 4.69) is 39.0 Å². The highest BCUT2D eigenvalue weighted by Gasteiger charge is 2.13. The molecule has 0 aliphatic carbocycles. The molecule has 1 aliphatic rings. The number of hydrogen-bond acceptors (Lipinski definition) is 2. The van der Waals surface area contributed by atoms with E-state index in [9.17, 15) is 4.79 Å². The predicted octanol–water partition coefficient (Wildman–Crippen LogP) is 3.45. The fourth-order valence-corrected chi connectivity index (χ4v) is 3.05. The molecule has 0 unspecified atom stereocenters. The van der Waals surface area contributed by atoms with Crippen LogP contribution in [0.5, 0.6) is 0 Å². The number of carboxylic acid groups (broad SMARTS) is 1. The van der Waals surface area contributed by atoms with Crippen molar-refractivity contribution in [2.45, 2.75) is 38.6 Å². The Labute approximate surface area is 122 Å². The maximum atomic E-state index is 10.5. The third-order valence-corrected chi connectivity index (χ3v) is 4.30. The number of carbonyl (C=O) groups is 1. The number of carboxylic acids is 1. The molecule has 0 atom stereocenters. The molecule has 19 heavy (non-hydrogen) atoms. The second-order valence-electron chi connectivity index (χ2n) is 5.16. The van der Waals surface area contributed by atoms with Crippen LogP contribution in [0.1, 0.15) is 36.8 Å². The van der Waals surface area contributed by atoms with Gasteiger partial charge in [-0.25, -0.2) is 0 Å². The number of halogens is 1. The topological polar surface area (TPSA) is 40.5 Å². The summed E-state index contributed by atoms with van der Waals surface area (Å²) in [5, 5.41) is 8.63. The molecule has 1 aromatic rings. The van der Waals surface area contributed by atoms with Crippen molar-refractivity contribution in [3.05, 3.63) is 33.8 Å². The summed E-state index contributed by atoms with van der Waals surface area (Å²) in [6.45, 7) is 3.41. The van der Waals surface area contributed by atoms with E-state index in [0.29, 0.717) is 6.42 Å². The smallest absolute Gasteiger partial charge is 0.303 e. The first kappa shape index (κ1) is 14.5. The SMILES string of the molecule is O=C(O)CCCc1ccc(CN2CCCC2)c(Br)c1. The maximum Gasteiger partial charge on any atom is 0.303 e. The summed E-state index contributed by atoms with van der Waals surface area (Å²) in [5.41, 5.74) is 2.53. The Morgan fingerprint density at radius 1 is 1.32 bits per heavy atom. The Balaban J connectivity index is 1.90. The molecule has 0 amide bonds. The minimum atomic E-state index is -0.718. The summed E-state index contributed by atoms with van der Waals surface area (Å²) >= 11 is 3.63. The third-order valence-electron chi connectivity index (χ3n) is 3.57. The number of hydrogen-bond donors (Lipinski definition) is 1. The lowest BCUT2D eigenvalue weighted by atomic mass is 10.1. The Morgan fingerprint density at radius 2 is 2.05 bits per heavy atom. The molecule has 4 heteroatoms. The first-order chi connectivity index (χ1) is 9.15. The van der Waals surface area contributed by atoms with Gasteiger partial charge in [-0.15, -0.1) is 0 Å². The average molecular weight is 326 g/mol. The monoisotopic (exact) mass is 325 g/mol. The van der Waals surface area contributed by atoms with E-state index in [1.54, 1.807) is 0 Å². The third kappa shape index (κ3) is 4.62. The lowest BCUT2D eigenvalue weighted by Crippen LogP contribution is -2.18. The van der Waals surface area contributed by atoms with E-state index in [1.807, 2.05) is 0 Å². The van der Waals surface area contributed by atoms with Gasteiger partial charge in [0.1, 0.15) is 0 Å². The zero-order chi connectivity index (χ0) is 13.7. The molecule has 0 radical (unpaired) electrons. The lowest BCUT2D eigenvalue weighted by Gasteiger charge is -2.16. The molecule has 0 bridgehead atoms. The molecule has 1 fully saturated rings. The van der Waals surface area contributed by atoms with Crippen LogP contribution in [-0.4, -0.2) is 29.1 Å². The van der Waals surface area contributed by atoms with E-state index < -0.39 is 5.97 Å². The fourth-order valence-electron chi connectivity index (χ4n) is 2.50. The number of rotatable bonds is 6. The van der Waals surface area contributed by atoms with Crippen molar-refractivity contribution in [3.8, 4) is 0 Å². The largest absolute Gasteiger partial charge is 0.481 e. The van der Waals surface area contributed by atoms with Crippen LogP contribution >= 0.6 is 15.9 Å². The molecule has 1 heterocycles. The molecule has 104 valence electrons. The molecular formula is C15H20BrNO2. The lowest BCUT2D eigenvalue weighted by molar-refractivity contribution is -0.137. The zero-order valence-electron chi connectivity index (χ0n) is 11.1. The molecule has 3 nitrogen and oxygen atoms in total. The summed E-state index contributed by atoms with van der Waals surface area (Å²) < 4.78 is 1.15. The molecule has 0 saturated carbocycles. The normalized spacial score (nSPS) is 15.8. The Morgan fingerprint density at radius 3 is 2.68 bits per heavy atom. The van der Waals surface area contributed by atoms with Gasteiger partial charge in [-0.3, -0.25) is 9.69 Å². The quantitative estimate of drug-likeness (QED) is 0.870. The van der Waals surface area contributed by atoms with Crippen LogP contribution in [0.25, 0.3) is 0 Å². The summed E-state index contributed by atoms with van der Waals surface area (Å²) in [4.78, 5) is 13.0. The average Bonchev–Trinajstić information content (AvgIpc) is 2.85. The number of aryl methyl sites for hydroxylation is 1. The van der Waals surface area contributed by atoms with Crippen molar-refractivity contribution in [2.24, 2.45) is 0 Å². The van der Waals surface area contributed by atoms with Crippen LogP contribution in [0.4, 0.5) is 0 Å². The van der Waals surface area contributed by atoms with Gasteiger partial charge in [0.2, 0.25) is 0 Å². The van der Waals surface area contributed by atoms with Crippen LogP contribution < -0.4 is 0 Å². The molecule has 0 spiro atoms. The first-order valence-corrected chi connectivity index (χ1v) is 7.66. The highest BCUT2D eigenvalue weighted by molar-refractivity contribution is 9.10. The van der Waals surface area contributed by atoms with Gasteiger partial charge in [0.05, 0.1) is 0 Å². The minimum Gasteiger partial charge on any atom is -0.481 e. The van der Waals surface area contributed by atoms with E-state index in [0.717, 1.165) is 17.4 Å². The van der Waals surface area contributed by atoms with Crippen molar-refractivity contribution in [2.75, 3.05) is 13.1 Å². The van der Waals surface area contributed by atoms with Gasteiger partial charge in [-0.1, -0.05) is 28.1 Å². The van der Waals surface area contributed by atoms with Gasteiger partial charge < -0.3 is 5.11 Å². The summed E-state index contributed by atoms with van der Waals surface area (Å²) in [7, 11) is 0. The molecule has 1 saturated heterocycles. The van der Waals surface area contributed by atoms with Gasteiger partial charge in [-0.05, 0) is 56.0 Å². The highest BCUT2D eigenvalue weighted by Crippen LogP contribution is 2.23. The Hall–Kier alpha value is -0.870. The van der Waals surface area contributed by atoms with Crippen LogP contribution in [-0.2, 0) is 17.8 Å². The van der Waals surface area contributed by atoms with E-state index in [1.165, 1.54) is 37.1 Å². The predicted molar refractivity (Wildman–Crippen MR) is 79.2 cm³/mol. The maximum absolute atomic E-state index is 10.5. The summed E-state index contributed by atoms with van der Waals surface area (Å²) in [6, 6.07) is 6.42. The number of benzene rings is 1. The van der Waals surface area contributed by atoms with Crippen molar-refractivity contribution in [1.82, 2.24) is 4.90 Å². The zero-order valence-corrected chi connectivity index (χ0v) is 12.7. The van der Waals surface area contributed by atoms with Crippen molar-refractivity contribution in [3.63, 3.8) is 0 Å². The van der Waals surface area contributed by atoms with Crippen molar-refractivity contribution < 1.29 is 9.90 Å². The van der Waals surface area contributed by atoms with Crippen molar-refractivity contribution >= 4 is 21.9 Å². The van der Waals surface area contributed by atoms with Gasteiger partial charge in [0.25, 0.3) is 0 Å². The van der Waals surface area contributed by atoms with Gasteiger partial charge in [-0.2, -0.15) is 0 Å². The minimum absolute atomic E-state index is 0.243. The highest BCUT2D eigenvalue weighted by atomic mass is 79.9. The molecule has 1 aliphatic heterocycles. The summed E-state index contributed by atoms with van der Waals surface area (Å²) in [6.07, 6.45) is 4.39. The summed E-state index contributed by atoms with van der Waals surface area (Å²) in [5.74, 6) is -0.718. The van der Waals surface area contributed by atoms with E-state index >= 15 is 0 Å². The first-order valence-electron chi connectivity index (χ1n) is 6.86. The fraction of sp³-hybridized carbons (Fsp3) is 0.533. The number of nitrogens with zero attached hydrogens (tertiary/aromatic N) is 1. The second-order valence-corrected chi connectivity index (χ2v) is 6.01. The van der Waals surface area contributed by atoms with Crippen LogP contribution in [0.3, 0.4) is 0 Å². The Kier molecular flexibility index (Phi) is 5.40. The molecule has 1 aromatic carbocycles. The van der Waals surface area contributed by atoms with Crippen LogP contribution in [0.2, 0.25) is 0 Å². The van der Waals surface area contributed by atoms with Gasteiger partial charge >= 0.3 is 5.97 Å². The molecule has 0 aromatic heterocycles. The standard InChI is InChI=1S/C15H20BrNO2/c16-14-10-12(4-3-5-15(18)19)6-7-13(14)11-17-8-1-2-9-17/h6-7,10H,1-5,8-9,11H2,(H,18,19). The van der Waals surface area contributed by atoms with Gasteiger partial charge in [0.15, 0.2) is 0 Å².